The third kappa shape index (κ3) is 7.43. The maximum atomic E-state index is 12.5. The molecule has 0 aliphatic heterocycles. The number of thioether (sulfide) groups is 1. The van der Waals surface area contributed by atoms with Gasteiger partial charge in [-0.25, -0.2) is 0 Å². The quantitative estimate of drug-likeness (QED) is 0.180. The van der Waals surface area contributed by atoms with Crippen molar-refractivity contribution < 1.29 is 39.7 Å². The van der Waals surface area contributed by atoms with Crippen molar-refractivity contribution in [2.45, 2.75) is 36.3 Å². The first kappa shape index (κ1) is 27.1. The standard InChI is InChI=1S/C20H25N4O9S/c21-12(20(30)31)5-7-16(26)23-13(19(29)22-8-17(27)28)9-34-18-11-2-1-3-14(24(32)33)10(11)4-6-15(18)25/h1-4,6,12-13,15,18,25,32H,5,7-9,21H2,(H,22,29)(H,23,26)(H,27,28)(H,30,31)/q-1/t12-,13-,15?,18?/m0/s1. The average molecular weight is 498 g/mol. The Morgan fingerprint density at radius 2 is 1.94 bits per heavy atom. The van der Waals surface area contributed by atoms with E-state index < -0.39 is 53.7 Å². The summed E-state index contributed by atoms with van der Waals surface area (Å²) in [7, 11) is 0. The summed E-state index contributed by atoms with van der Waals surface area (Å²) in [6, 6.07) is 2.06. The number of carboxylic acid groups (broad SMARTS) is 2. The van der Waals surface area contributed by atoms with Crippen molar-refractivity contribution in [3.8, 4) is 0 Å². The van der Waals surface area contributed by atoms with Crippen LogP contribution in [0.5, 0.6) is 0 Å². The van der Waals surface area contributed by atoms with Crippen molar-refractivity contribution in [1.29, 1.82) is 0 Å². The second kappa shape index (κ2) is 12.3. The first-order valence-electron chi connectivity index (χ1n) is 10.1. The van der Waals surface area contributed by atoms with E-state index in [-0.39, 0.29) is 29.5 Å². The van der Waals surface area contributed by atoms with Crippen molar-refractivity contribution >= 4 is 47.3 Å². The number of aliphatic hydroxyl groups excluding tert-OH is 1. The molecule has 0 spiro atoms. The van der Waals surface area contributed by atoms with E-state index in [9.17, 15) is 34.7 Å². The Kier molecular flexibility index (Phi) is 9.83. The molecule has 186 valence electrons. The van der Waals surface area contributed by atoms with Gasteiger partial charge in [0.15, 0.2) is 0 Å². The van der Waals surface area contributed by atoms with Crippen LogP contribution in [0.25, 0.3) is 6.08 Å². The number of aliphatic carboxylic acids is 2. The zero-order valence-corrected chi connectivity index (χ0v) is 18.6. The number of anilines is 1. The molecule has 0 fully saturated rings. The van der Waals surface area contributed by atoms with Gasteiger partial charge >= 0.3 is 11.9 Å². The Labute approximate surface area is 198 Å². The predicted octanol–water partition coefficient (Wildman–Crippen LogP) is -0.580. The molecule has 1 aromatic carbocycles. The summed E-state index contributed by atoms with van der Waals surface area (Å²) in [6.07, 6.45) is 1.43. The number of nitrogens with one attached hydrogen (secondary N) is 2. The van der Waals surface area contributed by atoms with Crippen molar-refractivity contribution in [3.63, 3.8) is 0 Å². The van der Waals surface area contributed by atoms with Crippen LogP contribution in [0.15, 0.2) is 24.3 Å². The van der Waals surface area contributed by atoms with Crippen LogP contribution in [0.4, 0.5) is 5.69 Å². The van der Waals surface area contributed by atoms with Gasteiger partial charge in [-0.1, -0.05) is 24.3 Å². The lowest BCUT2D eigenvalue weighted by molar-refractivity contribution is -0.139. The van der Waals surface area contributed by atoms with E-state index >= 15 is 0 Å². The monoisotopic (exact) mass is 497 g/mol. The number of amides is 2. The fourth-order valence-corrected chi connectivity index (χ4v) is 4.49. The number of nitrogens with zero attached hydrogens (tertiary/aromatic N) is 1. The third-order valence-electron chi connectivity index (χ3n) is 4.91. The van der Waals surface area contributed by atoms with Gasteiger partial charge in [-0.3, -0.25) is 24.4 Å². The summed E-state index contributed by atoms with van der Waals surface area (Å²) >= 11 is 1.07. The van der Waals surface area contributed by atoms with E-state index in [0.717, 1.165) is 11.8 Å². The molecule has 0 bridgehead atoms. The molecular weight excluding hydrogens is 472 g/mol. The van der Waals surface area contributed by atoms with Gasteiger partial charge in [-0.2, -0.15) is 0 Å². The largest absolute Gasteiger partial charge is 0.733 e. The zero-order valence-electron chi connectivity index (χ0n) is 17.8. The number of hydrogen-bond acceptors (Lipinski definition) is 10. The lowest BCUT2D eigenvalue weighted by Crippen LogP contribution is -2.49. The fourth-order valence-electron chi connectivity index (χ4n) is 3.18. The number of carbonyl (C=O) groups excluding carboxylic acids is 2. The molecule has 0 saturated heterocycles. The number of nitrogens with two attached hydrogens (primary N) is 1. The summed E-state index contributed by atoms with van der Waals surface area (Å²) in [6.45, 7) is -0.684. The Bertz CT molecular complexity index is 956. The highest BCUT2D eigenvalue weighted by atomic mass is 32.2. The number of carbonyl (C=O) groups is 4. The summed E-state index contributed by atoms with van der Waals surface area (Å²) in [5.74, 6) is -4.12. The van der Waals surface area contributed by atoms with Crippen molar-refractivity contribution in [3.05, 3.63) is 40.6 Å². The maximum absolute atomic E-state index is 12.5. The number of rotatable bonds is 12. The molecule has 1 aliphatic rings. The van der Waals surface area contributed by atoms with E-state index in [0.29, 0.717) is 11.1 Å². The second-order valence-corrected chi connectivity index (χ2v) is 8.55. The fraction of sp³-hybridized carbons (Fsp3) is 0.400. The number of benzene rings is 1. The molecule has 14 heteroatoms. The lowest BCUT2D eigenvalue weighted by atomic mass is 9.94. The van der Waals surface area contributed by atoms with Crippen LogP contribution in [-0.2, 0) is 19.2 Å². The number of hydrogen-bond donors (Lipinski definition) is 7. The summed E-state index contributed by atoms with van der Waals surface area (Å²) in [4.78, 5) is 46.4. The molecule has 13 nitrogen and oxygen atoms in total. The predicted molar refractivity (Wildman–Crippen MR) is 122 cm³/mol. The number of fused-ring (bicyclic) bond motifs is 1. The first-order chi connectivity index (χ1) is 16.0. The molecule has 1 aliphatic carbocycles. The Hall–Kier alpha value is -3.17. The Morgan fingerprint density at radius 1 is 1.24 bits per heavy atom. The molecule has 2 rings (SSSR count). The minimum Gasteiger partial charge on any atom is -0.733 e. The summed E-state index contributed by atoms with van der Waals surface area (Å²) < 4.78 is 0. The van der Waals surface area contributed by atoms with Gasteiger partial charge in [0.05, 0.1) is 17.0 Å². The molecule has 2 unspecified atom stereocenters. The van der Waals surface area contributed by atoms with Gasteiger partial charge in [-0.15, -0.1) is 11.8 Å². The highest BCUT2D eigenvalue weighted by Gasteiger charge is 2.30. The molecular formula is C20H25N4O9S-. The van der Waals surface area contributed by atoms with Crippen molar-refractivity contribution in [2.75, 3.05) is 17.5 Å². The highest BCUT2D eigenvalue weighted by Crippen LogP contribution is 2.41. The molecule has 8 N–H and O–H groups in total. The SMILES string of the molecule is N[C@@H](CCC(=O)N[C@@H](CSC1c2cccc(N([O-])O)c2C=CC1O)C(=O)NCC(=O)O)C(=O)O. The van der Waals surface area contributed by atoms with Crippen LogP contribution in [0.2, 0.25) is 0 Å². The molecule has 0 heterocycles. The topological polar surface area (TPSA) is 226 Å². The average Bonchev–Trinajstić information content (AvgIpc) is 2.78. The van der Waals surface area contributed by atoms with E-state index in [2.05, 4.69) is 10.6 Å². The van der Waals surface area contributed by atoms with Gasteiger partial charge in [-0.05, 0) is 18.1 Å². The van der Waals surface area contributed by atoms with E-state index in [1.807, 2.05) is 0 Å². The van der Waals surface area contributed by atoms with Gasteiger partial charge in [0, 0.05) is 17.7 Å². The maximum Gasteiger partial charge on any atom is 0.322 e. The van der Waals surface area contributed by atoms with Crippen LogP contribution in [0.1, 0.15) is 29.2 Å². The minimum atomic E-state index is -1.29. The lowest BCUT2D eigenvalue weighted by Gasteiger charge is -2.31. The van der Waals surface area contributed by atoms with E-state index in [1.54, 1.807) is 6.07 Å². The third-order valence-corrected chi connectivity index (χ3v) is 6.32. The molecule has 0 radical (unpaired) electrons. The molecule has 1 aromatic rings. The van der Waals surface area contributed by atoms with Gasteiger partial charge in [0.2, 0.25) is 11.8 Å². The van der Waals surface area contributed by atoms with E-state index in [4.69, 9.17) is 15.9 Å². The van der Waals surface area contributed by atoms with Crippen LogP contribution in [-0.4, -0.2) is 74.8 Å². The molecule has 4 atom stereocenters. The zero-order chi connectivity index (χ0) is 25.4. The molecule has 0 saturated carbocycles. The smallest absolute Gasteiger partial charge is 0.322 e. The second-order valence-electron chi connectivity index (χ2n) is 7.37. The van der Waals surface area contributed by atoms with Gasteiger partial charge < -0.3 is 42.1 Å². The van der Waals surface area contributed by atoms with Crippen LogP contribution >= 0.6 is 11.8 Å². The van der Waals surface area contributed by atoms with E-state index in [1.165, 1.54) is 24.3 Å². The molecule has 0 aromatic heterocycles. The first-order valence-corrected chi connectivity index (χ1v) is 11.1. The van der Waals surface area contributed by atoms with Crippen LogP contribution < -0.4 is 21.6 Å². The molecule has 34 heavy (non-hydrogen) atoms. The number of aliphatic hydroxyl groups is 1. The Morgan fingerprint density at radius 3 is 2.56 bits per heavy atom. The van der Waals surface area contributed by atoms with Gasteiger partial charge in [0.1, 0.15) is 18.6 Å². The number of carboxylic acids is 2. The Balaban J connectivity index is 2.15. The normalized spacial score (nSPS) is 18.4. The summed E-state index contributed by atoms with van der Waals surface area (Å²) in [5.41, 5.74) is 6.23. The summed E-state index contributed by atoms with van der Waals surface area (Å²) in [5, 5.41) is 52.5. The van der Waals surface area contributed by atoms with Crippen LogP contribution in [0.3, 0.4) is 0 Å². The highest BCUT2D eigenvalue weighted by molar-refractivity contribution is 7.99. The van der Waals surface area contributed by atoms with Crippen LogP contribution in [0, 0.1) is 5.21 Å². The van der Waals surface area contributed by atoms with Crippen molar-refractivity contribution in [1.82, 2.24) is 10.6 Å². The minimum absolute atomic E-state index is 0.0370. The van der Waals surface area contributed by atoms with Crippen molar-refractivity contribution in [2.24, 2.45) is 5.73 Å². The van der Waals surface area contributed by atoms with Gasteiger partial charge in [0.25, 0.3) is 0 Å². The molecule has 2 amide bonds.